The van der Waals surface area contributed by atoms with Crippen molar-refractivity contribution in [2.45, 2.75) is 55.8 Å². The molecule has 0 spiro atoms. The summed E-state index contributed by atoms with van der Waals surface area (Å²) in [5.41, 5.74) is 3.76. The molecule has 140 valence electrons. The number of pyridine rings is 1. The van der Waals surface area contributed by atoms with Crippen LogP contribution in [0.5, 0.6) is 0 Å². The standard InChI is InChI=1S/C18H23N3O3S2/c1-11-14-5-4-6-16(14)20-17(15(11)9-19)25-12(2)18(22)21(3)13-7-8-26(23,24)10-13/h12-13H,4-8,10H2,1-3H3/t12-,13-/m0/s1. The molecule has 0 radical (unpaired) electrons. The SMILES string of the molecule is Cc1c(C#N)c(S[C@@H](C)C(=O)N(C)[C@H]2CCS(=O)(=O)C2)nc2c1CCC2. The van der Waals surface area contributed by atoms with E-state index < -0.39 is 15.1 Å². The molecular weight excluding hydrogens is 370 g/mol. The topological polar surface area (TPSA) is 91.1 Å². The highest BCUT2D eigenvalue weighted by Gasteiger charge is 2.34. The van der Waals surface area contributed by atoms with E-state index in [1.165, 1.54) is 17.3 Å². The fourth-order valence-corrected chi connectivity index (χ4v) is 6.58. The molecule has 1 aromatic heterocycles. The Morgan fingerprint density at radius 2 is 2.15 bits per heavy atom. The van der Waals surface area contributed by atoms with Crippen molar-refractivity contribution < 1.29 is 13.2 Å². The van der Waals surface area contributed by atoms with E-state index in [1.807, 2.05) is 6.92 Å². The molecule has 0 unspecified atom stereocenters. The third kappa shape index (κ3) is 3.60. The largest absolute Gasteiger partial charge is 0.341 e. The van der Waals surface area contributed by atoms with Crippen LogP contribution < -0.4 is 0 Å². The van der Waals surface area contributed by atoms with Gasteiger partial charge in [0.1, 0.15) is 11.1 Å². The molecule has 1 aliphatic heterocycles. The molecule has 0 saturated carbocycles. The van der Waals surface area contributed by atoms with Gasteiger partial charge in [-0.2, -0.15) is 5.26 Å². The quantitative estimate of drug-likeness (QED) is 0.726. The number of carbonyl (C=O) groups excluding carboxylic acids is 1. The van der Waals surface area contributed by atoms with Crippen molar-refractivity contribution >= 4 is 27.5 Å². The lowest BCUT2D eigenvalue weighted by molar-refractivity contribution is -0.130. The molecular formula is C18H23N3O3S2. The van der Waals surface area contributed by atoms with Crippen LogP contribution in [-0.4, -0.2) is 54.1 Å². The lowest BCUT2D eigenvalue weighted by atomic mass is 10.0. The van der Waals surface area contributed by atoms with Crippen LogP contribution in [0.3, 0.4) is 0 Å². The third-order valence-electron chi connectivity index (χ3n) is 5.32. The highest BCUT2D eigenvalue weighted by molar-refractivity contribution is 8.00. The number of sulfone groups is 1. The van der Waals surface area contributed by atoms with E-state index in [0.29, 0.717) is 17.0 Å². The van der Waals surface area contributed by atoms with Gasteiger partial charge in [-0.3, -0.25) is 4.79 Å². The Hall–Kier alpha value is -1.59. The first-order valence-electron chi connectivity index (χ1n) is 8.79. The number of carbonyl (C=O) groups is 1. The number of nitrogens with zero attached hydrogens (tertiary/aromatic N) is 3. The first-order chi connectivity index (χ1) is 12.2. The van der Waals surface area contributed by atoms with Crippen LogP contribution in [0.15, 0.2) is 5.03 Å². The van der Waals surface area contributed by atoms with E-state index in [4.69, 9.17) is 0 Å². The lowest BCUT2D eigenvalue weighted by Gasteiger charge is -2.26. The molecule has 2 heterocycles. The van der Waals surface area contributed by atoms with Crippen LogP contribution in [0, 0.1) is 18.3 Å². The van der Waals surface area contributed by atoms with Gasteiger partial charge in [0.25, 0.3) is 0 Å². The minimum absolute atomic E-state index is 0.0340. The van der Waals surface area contributed by atoms with Gasteiger partial charge >= 0.3 is 0 Å². The maximum Gasteiger partial charge on any atom is 0.235 e. The predicted octanol–water partition coefficient (Wildman–Crippen LogP) is 1.88. The van der Waals surface area contributed by atoms with E-state index in [9.17, 15) is 18.5 Å². The van der Waals surface area contributed by atoms with E-state index in [-0.39, 0.29) is 23.5 Å². The molecule has 1 amide bonds. The zero-order valence-electron chi connectivity index (χ0n) is 15.3. The van der Waals surface area contributed by atoms with Crippen molar-refractivity contribution in [3.63, 3.8) is 0 Å². The summed E-state index contributed by atoms with van der Waals surface area (Å²) in [6, 6.07) is 1.98. The summed E-state index contributed by atoms with van der Waals surface area (Å²) in [5.74, 6) is 0.0497. The second-order valence-electron chi connectivity index (χ2n) is 7.07. The highest BCUT2D eigenvalue weighted by Crippen LogP contribution is 2.34. The van der Waals surface area contributed by atoms with Gasteiger partial charge in [-0.1, -0.05) is 11.8 Å². The average Bonchev–Trinajstić information content (AvgIpc) is 3.20. The Bertz CT molecular complexity index is 890. The van der Waals surface area contributed by atoms with Crippen LogP contribution in [-0.2, 0) is 27.5 Å². The van der Waals surface area contributed by atoms with Crippen molar-refractivity contribution in [2.75, 3.05) is 18.6 Å². The number of rotatable bonds is 4. The van der Waals surface area contributed by atoms with Crippen molar-refractivity contribution in [2.24, 2.45) is 0 Å². The minimum atomic E-state index is -3.04. The number of hydrogen-bond acceptors (Lipinski definition) is 6. The van der Waals surface area contributed by atoms with Crippen LogP contribution >= 0.6 is 11.8 Å². The predicted molar refractivity (Wildman–Crippen MR) is 101 cm³/mol. The maximum atomic E-state index is 12.8. The second-order valence-corrected chi connectivity index (χ2v) is 10.6. The Labute approximate surface area is 158 Å². The first-order valence-corrected chi connectivity index (χ1v) is 11.5. The smallest absolute Gasteiger partial charge is 0.235 e. The van der Waals surface area contributed by atoms with Gasteiger partial charge in [-0.15, -0.1) is 0 Å². The van der Waals surface area contributed by atoms with E-state index >= 15 is 0 Å². The number of thioether (sulfide) groups is 1. The second kappa shape index (κ2) is 7.20. The fourth-order valence-electron chi connectivity index (χ4n) is 3.73. The third-order valence-corrected chi connectivity index (χ3v) is 8.14. The van der Waals surface area contributed by atoms with Crippen LogP contribution in [0.25, 0.3) is 0 Å². The summed E-state index contributed by atoms with van der Waals surface area (Å²) in [6.07, 6.45) is 3.41. The number of aromatic nitrogens is 1. The zero-order valence-corrected chi connectivity index (χ0v) is 16.9. The lowest BCUT2D eigenvalue weighted by Crippen LogP contribution is -2.41. The minimum Gasteiger partial charge on any atom is -0.341 e. The van der Waals surface area contributed by atoms with Gasteiger partial charge in [-0.25, -0.2) is 13.4 Å². The van der Waals surface area contributed by atoms with Gasteiger partial charge < -0.3 is 4.90 Å². The molecule has 1 saturated heterocycles. The summed E-state index contributed by atoms with van der Waals surface area (Å²) in [5, 5.41) is 9.74. The monoisotopic (exact) mass is 393 g/mol. The van der Waals surface area contributed by atoms with E-state index in [1.54, 1.807) is 18.9 Å². The summed E-state index contributed by atoms with van der Waals surface area (Å²) >= 11 is 1.30. The molecule has 3 rings (SSSR count). The molecule has 1 aromatic rings. The maximum absolute atomic E-state index is 12.8. The molecule has 0 N–H and O–H groups in total. The summed E-state index contributed by atoms with van der Waals surface area (Å²) in [6.45, 7) is 3.74. The van der Waals surface area contributed by atoms with E-state index in [2.05, 4.69) is 11.1 Å². The molecule has 1 aliphatic carbocycles. The van der Waals surface area contributed by atoms with Gasteiger partial charge in [0.2, 0.25) is 5.91 Å². The van der Waals surface area contributed by atoms with Crippen LogP contribution in [0.1, 0.15) is 42.1 Å². The Morgan fingerprint density at radius 3 is 2.77 bits per heavy atom. The Balaban J connectivity index is 1.78. The molecule has 2 aliphatic rings. The van der Waals surface area contributed by atoms with Crippen molar-refractivity contribution in [1.29, 1.82) is 5.26 Å². The number of hydrogen-bond donors (Lipinski definition) is 0. The summed E-state index contributed by atoms with van der Waals surface area (Å²) in [4.78, 5) is 19.0. The van der Waals surface area contributed by atoms with Gasteiger partial charge in [0, 0.05) is 18.8 Å². The molecule has 1 fully saturated rings. The van der Waals surface area contributed by atoms with Gasteiger partial charge in [-0.05, 0) is 50.7 Å². The van der Waals surface area contributed by atoms with Gasteiger partial charge in [0.15, 0.2) is 9.84 Å². The number of nitriles is 1. The van der Waals surface area contributed by atoms with Gasteiger partial charge in [0.05, 0.1) is 22.3 Å². The number of aryl methyl sites for hydroxylation is 1. The highest BCUT2D eigenvalue weighted by atomic mass is 32.2. The van der Waals surface area contributed by atoms with Crippen LogP contribution in [0.4, 0.5) is 0 Å². The molecule has 8 heteroatoms. The summed E-state index contributed by atoms with van der Waals surface area (Å²) < 4.78 is 23.3. The van der Waals surface area contributed by atoms with Crippen molar-refractivity contribution in [3.05, 3.63) is 22.4 Å². The van der Waals surface area contributed by atoms with Crippen LogP contribution in [0.2, 0.25) is 0 Å². The zero-order chi connectivity index (χ0) is 19.1. The number of amides is 1. The summed E-state index contributed by atoms with van der Waals surface area (Å²) in [7, 11) is -1.37. The average molecular weight is 394 g/mol. The normalized spacial score (nSPS) is 21.8. The molecule has 0 bridgehead atoms. The molecule has 6 nitrogen and oxygen atoms in total. The molecule has 26 heavy (non-hydrogen) atoms. The van der Waals surface area contributed by atoms with E-state index in [0.717, 1.165) is 30.5 Å². The molecule has 2 atom stereocenters. The Kier molecular flexibility index (Phi) is 5.31. The first kappa shape index (κ1) is 19.2. The molecule has 0 aromatic carbocycles. The number of fused-ring (bicyclic) bond motifs is 1. The van der Waals surface area contributed by atoms with Crippen molar-refractivity contribution in [3.8, 4) is 6.07 Å². The van der Waals surface area contributed by atoms with Crippen molar-refractivity contribution in [1.82, 2.24) is 9.88 Å². The Morgan fingerprint density at radius 1 is 1.42 bits per heavy atom. The fraction of sp³-hybridized carbons (Fsp3) is 0.611.